The fourth-order valence-electron chi connectivity index (χ4n) is 4.43. The maximum absolute atomic E-state index is 15.7. The predicted molar refractivity (Wildman–Crippen MR) is 99.8 cm³/mol. The molecule has 1 aromatic rings. The van der Waals surface area contributed by atoms with Gasteiger partial charge in [0.1, 0.15) is 0 Å². The number of nitrogens with zero attached hydrogens (tertiary/aromatic N) is 1. The molecule has 3 aliphatic heterocycles. The molecule has 0 bridgehead atoms. The molecule has 0 aromatic carbocycles. The Bertz CT molecular complexity index is 888. The number of ether oxygens (including phenoxy) is 1. The second-order valence-electron chi connectivity index (χ2n) is 7.66. The standard InChI is InChI=1S/C16H22FN2O7PS/c17-16-9-23-27(22,25-10-3-1-2-4-10)26-12(16)15(6-8-28-15)13(24-16)19-7-5-11(20)18-14(19)21/h5,7,10,12-13,22,27H,1-4,6,8-9H2,(H,18,20,21)/t12-,13+,15?,16+/m0/s1. The molecule has 4 fully saturated rings. The summed E-state index contributed by atoms with van der Waals surface area (Å²) >= 11 is 1.42. The molecule has 1 aromatic heterocycles. The van der Waals surface area contributed by atoms with Crippen LogP contribution in [0.2, 0.25) is 0 Å². The van der Waals surface area contributed by atoms with Crippen molar-refractivity contribution >= 4 is 19.9 Å². The normalized spacial score (nSPS) is 40.9. The summed E-state index contributed by atoms with van der Waals surface area (Å²) in [5.41, 5.74) is -1.24. The molecule has 1 unspecified atom stereocenters. The predicted octanol–water partition coefficient (Wildman–Crippen LogP) is 1.38. The first kappa shape index (κ1) is 19.2. The van der Waals surface area contributed by atoms with E-state index in [0.29, 0.717) is 6.42 Å². The van der Waals surface area contributed by atoms with Crippen LogP contribution < -0.4 is 11.2 Å². The van der Waals surface area contributed by atoms with Crippen molar-refractivity contribution in [3.8, 4) is 0 Å². The number of rotatable bonds is 3. The van der Waals surface area contributed by atoms with Gasteiger partial charge < -0.3 is 0 Å². The molecule has 0 radical (unpaired) electrons. The Kier molecular flexibility index (Phi) is 4.52. The number of aromatic nitrogens is 2. The number of halogens is 1. The second-order valence-corrected chi connectivity index (χ2v) is 10.9. The van der Waals surface area contributed by atoms with Gasteiger partial charge in [0.05, 0.1) is 0 Å². The van der Waals surface area contributed by atoms with Crippen LogP contribution in [0.3, 0.4) is 0 Å². The van der Waals surface area contributed by atoms with Crippen LogP contribution in [0.1, 0.15) is 38.3 Å². The Balaban J connectivity index is 1.47. The summed E-state index contributed by atoms with van der Waals surface area (Å²) in [4.78, 5) is 36.6. The Labute approximate surface area is 164 Å². The second kappa shape index (κ2) is 6.60. The summed E-state index contributed by atoms with van der Waals surface area (Å²) in [5.74, 6) is -1.59. The number of alkyl halides is 1. The van der Waals surface area contributed by atoms with Gasteiger partial charge in [0.15, 0.2) is 0 Å². The fourth-order valence-corrected chi connectivity index (χ4v) is 7.79. The Morgan fingerprint density at radius 2 is 2.14 bits per heavy atom. The van der Waals surface area contributed by atoms with Crippen molar-refractivity contribution in [2.45, 2.75) is 61.1 Å². The molecule has 4 aliphatic rings. The van der Waals surface area contributed by atoms with E-state index in [0.717, 1.165) is 36.0 Å². The minimum absolute atomic E-state index is 0.159. The number of hydrogen-bond acceptors (Lipinski definition) is 8. The molecule has 1 saturated carbocycles. The summed E-state index contributed by atoms with van der Waals surface area (Å²) in [6, 6.07) is 1.18. The van der Waals surface area contributed by atoms with Gasteiger partial charge in [-0.1, -0.05) is 0 Å². The molecule has 9 nitrogen and oxygen atoms in total. The van der Waals surface area contributed by atoms with Crippen LogP contribution in [-0.2, 0) is 18.3 Å². The molecular weight excluding hydrogens is 414 g/mol. The van der Waals surface area contributed by atoms with Gasteiger partial charge >= 0.3 is 164 Å². The van der Waals surface area contributed by atoms with E-state index >= 15 is 4.39 Å². The molecule has 5 rings (SSSR count). The summed E-state index contributed by atoms with van der Waals surface area (Å²) in [5, 5.41) is 0. The van der Waals surface area contributed by atoms with Crippen LogP contribution in [0.5, 0.6) is 0 Å². The molecule has 4 heterocycles. The molecule has 2 N–H and O–H groups in total. The number of nitrogens with one attached hydrogen (secondary N) is 1. The van der Waals surface area contributed by atoms with Crippen LogP contribution in [0.25, 0.3) is 0 Å². The first-order chi connectivity index (χ1) is 13.3. The number of H-pyrrole nitrogens is 1. The molecule has 1 spiro atoms. The molecule has 12 heteroatoms. The molecule has 4 atom stereocenters. The Hall–Kier alpha value is -0.810. The maximum atomic E-state index is 15.7. The van der Waals surface area contributed by atoms with Crippen LogP contribution in [-0.4, -0.2) is 49.6 Å². The average molecular weight is 436 g/mol. The van der Waals surface area contributed by atoms with Crippen LogP contribution in [0, 0.1) is 0 Å². The van der Waals surface area contributed by atoms with Gasteiger partial charge in [-0.2, -0.15) is 0 Å². The van der Waals surface area contributed by atoms with E-state index in [1.54, 1.807) is 0 Å². The van der Waals surface area contributed by atoms with Gasteiger partial charge in [-0.05, 0) is 0 Å². The fraction of sp³-hybridized carbons (Fsp3) is 0.750. The van der Waals surface area contributed by atoms with Crippen molar-refractivity contribution in [2.75, 3.05) is 12.4 Å². The van der Waals surface area contributed by atoms with E-state index in [1.165, 1.54) is 24.0 Å². The van der Waals surface area contributed by atoms with Crippen molar-refractivity contribution in [1.82, 2.24) is 9.55 Å². The van der Waals surface area contributed by atoms with Crippen molar-refractivity contribution in [3.05, 3.63) is 33.1 Å². The van der Waals surface area contributed by atoms with Crippen molar-refractivity contribution in [2.24, 2.45) is 0 Å². The monoisotopic (exact) mass is 436 g/mol. The third-order valence-corrected chi connectivity index (χ3v) is 9.10. The van der Waals surface area contributed by atoms with Crippen LogP contribution >= 0.6 is 19.9 Å². The van der Waals surface area contributed by atoms with Gasteiger partial charge in [0.25, 0.3) is 0 Å². The quantitative estimate of drug-likeness (QED) is 0.684. The number of aromatic amines is 1. The van der Waals surface area contributed by atoms with Crippen LogP contribution in [0.15, 0.2) is 21.9 Å². The van der Waals surface area contributed by atoms with Crippen molar-refractivity contribution < 1.29 is 27.6 Å². The molecule has 0 amide bonds. The van der Waals surface area contributed by atoms with Crippen molar-refractivity contribution in [1.29, 1.82) is 0 Å². The van der Waals surface area contributed by atoms with E-state index in [2.05, 4.69) is 4.98 Å². The minimum atomic E-state index is -4.04. The zero-order chi connectivity index (χ0) is 19.6. The molecule has 1 aliphatic carbocycles. The van der Waals surface area contributed by atoms with Gasteiger partial charge in [0, 0.05) is 0 Å². The molecule has 156 valence electrons. The third kappa shape index (κ3) is 2.91. The van der Waals surface area contributed by atoms with Gasteiger partial charge in [-0.3, -0.25) is 0 Å². The SMILES string of the molecule is O=c1ccn([C@@H]2O[C@]3(F)CO[PH](O)(OC4CCCC4)O[C@H]3C23CCS3)c(=O)[nH]1. The zero-order valence-corrected chi connectivity index (χ0v) is 16.8. The number of fused-ring (bicyclic) bond motifs is 2. The van der Waals surface area contributed by atoms with E-state index in [4.69, 9.17) is 18.3 Å². The third-order valence-electron chi connectivity index (χ3n) is 5.86. The summed E-state index contributed by atoms with van der Waals surface area (Å²) in [6.07, 6.45) is 3.13. The molecular formula is C16H22FN2O7PS. The average Bonchev–Trinajstić information content (AvgIpc) is 3.18. The molecule has 3 saturated heterocycles. The zero-order valence-electron chi connectivity index (χ0n) is 15.0. The van der Waals surface area contributed by atoms with Gasteiger partial charge in [-0.15, -0.1) is 0 Å². The topological polar surface area (TPSA) is 112 Å². The van der Waals surface area contributed by atoms with Gasteiger partial charge in [0.2, 0.25) is 0 Å². The van der Waals surface area contributed by atoms with E-state index in [1.807, 2.05) is 0 Å². The van der Waals surface area contributed by atoms with Crippen molar-refractivity contribution in [3.63, 3.8) is 0 Å². The summed E-state index contributed by atoms with van der Waals surface area (Å²) < 4.78 is 38.4. The first-order valence-electron chi connectivity index (χ1n) is 9.38. The first-order valence-corrected chi connectivity index (χ1v) is 12.0. The van der Waals surface area contributed by atoms with Gasteiger partial charge in [-0.25, -0.2) is 0 Å². The van der Waals surface area contributed by atoms with E-state index in [-0.39, 0.29) is 6.10 Å². The Morgan fingerprint density at radius 1 is 1.39 bits per heavy atom. The Morgan fingerprint density at radius 3 is 2.79 bits per heavy atom. The van der Waals surface area contributed by atoms with Crippen LogP contribution in [0.4, 0.5) is 4.39 Å². The number of thioether (sulfide) groups is 1. The van der Waals surface area contributed by atoms with E-state index in [9.17, 15) is 14.5 Å². The summed E-state index contributed by atoms with van der Waals surface area (Å²) in [6.45, 7) is -0.538. The number of hydrogen-bond donors (Lipinski definition) is 2. The van der Waals surface area contributed by atoms with E-state index < -0.39 is 49.0 Å². The summed E-state index contributed by atoms with van der Waals surface area (Å²) in [7, 11) is -4.04. The molecule has 28 heavy (non-hydrogen) atoms.